The van der Waals surface area contributed by atoms with Crippen molar-refractivity contribution in [3.8, 4) is 0 Å². The minimum atomic E-state index is -0.112. The maximum Gasteiger partial charge on any atom is 0.227 e. The van der Waals surface area contributed by atoms with Crippen LogP contribution in [0.4, 0.5) is 5.82 Å². The molecule has 0 saturated heterocycles. The highest BCUT2D eigenvalue weighted by atomic mass is 127. The third-order valence-corrected chi connectivity index (χ3v) is 5.87. The second-order valence-corrected chi connectivity index (χ2v) is 8.14. The van der Waals surface area contributed by atoms with E-state index in [1.54, 1.807) is 10.9 Å². The van der Waals surface area contributed by atoms with Crippen molar-refractivity contribution in [2.24, 2.45) is 0 Å². The molecule has 9 heteroatoms. The number of benzene rings is 1. The van der Waals surface area contributed by atoms with Gasteiger partial charge in [-0.15, -0.1) is 0 Å². The summed E-state index contributed by atoms with van der Waals surface area (Å²) in [7, 11) is 0. The van der Waals surface area contributed by atoms with Crippen molar-refractivity contribution in [1.82, 2.24) is 19.6 Å². The van der Waals surface area contributed by atoms with Crippen molar-refractivity contribution >= 4 is 61.8 Å². The van der Waals surface area contributed by atoms with Crippen LogP contribution in [0.2, 0.25) is 5.02 Å². The Kier molecular flexibility index (Phi) is 6.36. The lowest BCUT2D eigenvalue weighted by atomic mass is 10.2. The molecule has 0 bridgehead atoms. The van der Waals surface area contributed by atoms with Crippen LogP contribution in [-0.4, -0.2) is 25.5 Å². The number of aromatic nitrogens is 4. The van der Waals surface area contributed by atoms with Crippen LogP contribution in [0.5, 0.6) is 0 Å². The van der Waals surface area contributed by atoms with E-state index in [0.29, 0.717) is 30.4 Å². The number of carbonyl (C=O) groups excluding carboxylic acids is 1. The zero-order valence-corrected chi connectivity index (χ0v) is 18.4. The van der Waals surface area contributed by atoms with E-state index in [1.165, 1.54) is 0 Å². The van der Waals surface area contributed by atoms with Crippen molar-refractivity contribution in [2.45, 2.75) is 26.4 Å². The monoisotopic (exact) mass is 547 g/mol. The molecule has 0 unspecified atom stereocenters. The first kappa shape index (κ1) is 19.4. The van der Waals surface area contributed by atoms with Gasteiger partial charge in [-0.3, -0.25) is 14.2 Å². The van der Waals surface area contributed by atoms with E-state index in [-0.39, 0.29) is 5.91 Å². The van der Waals surface area contributed by atoms with Gasteiger partial charge in [-0.1, -0.05) is 29.8 Å². The number of aryl methyl sites for hydroxylation is 1. The second kappa shape index (κ2) is 8.53. The molecule has 3 rings (SSSR count). The molecule has 2 aromatic heterocycles. The summed E-state index contributed by atoms with van der Waals surface area (Å²) in [5.41, 5.74) is 2.02. The third-order valence-electron chi connectivity index (χ3n) is 3.86. The Morgan fingerprint density at radius 3 is 2.85 bits per heavy atom. The van der Waals surface area contributed by atoms with Crippen molar-refractivity contribution < 1.29 is 4.79 Å². The van der Waals surface area contributed by atoms with Crippen LogP contribution in [0.25, 0.3) is 0 Å². The van der Waals surface area contributed by atoms with E-state index < -0.39 is 0 Å². The van der Waals surface area contributed by atoms with Crippen LogP contribution in [0.15, 0.2) is 41.1 Å². The summed E-state index contributed by atoms with van der Waals surface area (Å²) >= 11 is 11.9. The summed E-state index contributed by atoms with van der Waals surface area (Å²) in [4.78, 5) is 12.2. The molecule has 3 aromatic rings. The van der Waals surface area contributed by atoms with Gasteiger partial charge in [0.05, 0.1) is 27.3 Å². The van der Waals surface area contributed by atoms with Gasteiger partial charge in [0.15, 0.2) is 5.82 Å². The summed E-state index contributed by atoms with van der Waals surface area (Å²) in [5.74, 6) is 0.382. The molecule has 0 saturated carbocycles. The molecule has 0 fully saturated rings. The Balaban J connectivity index is 1.61. The fourth-order valence-corrected chi connectivity index (χ4v) is 3.43. The lowest BCUT2D eigenvalue weighted by molar-refractivity contribution is -0.116. The van der Waals surface area contributed by atoms with Crippen LogP contribution < -0.4 is 5.32 Å². The Labute approximate surface area is 178 Å². The van der Waals surface area contributed by atoms with E-state index >= 15 is 0 Å². The molecule has 0 aliphatic carbocycles. The lowest BCUT2D eigenvalue weighted by Gasteiger charge is -2.06. The Bertz CT molecular complexity index is 939. The minimum absolute atomic E-state index is 0.112. The number of hydrogen-bond donors (Lipinski definition) is 1. The van der Waals surface area contributed by atoms with Crippen molar-refractivity contribution in [3.05, 3.63) is 61.0 Å². The lowest BCUT2D eigenvalue weighted by Crippen LogP contribution is -2.16. The molecule has 0 aliphatic rings. The number of hydrogen-bond acceptors (Lipinski definition) is 3. The number of halogens is 3. The van der Waals surface area contributed by atoms with E-state index in [4.69, 9.17) is 11.6 Å². The van der Waals surface area contributed by atoms with E-state index in [2.05, 4.69) is 54.0 Å². The van der Waals surface area contributed by atoms with E-state index in [0.717, 1.165) is 19.3 Å². The van der Waals surface area contributed by atoms with Gasteiger partial charge in [-0.05, 0) is 57.1 Å². The Morgan fingerprint density at radius 1 is 1.38 bits per heavy atom. The predicted molar refractivity (Wildman–Crippen MR) is 113 cm³/mol. The van der Waals surface area contributed by atoms with Crippen molar-refractivity contribution in [2.75, 3.05) is 5.32 Å². The molecule has 0 spiro atoms. The fourth-order valence-electron chi connectivity index (χ4n) is 2.42. The summed E-state index contributed by atoms with van der Waals surface area (Å²) < 4.78 is 5.37. The molecule has 136 valence electrons. The SMILES string of the molecule is Cc1c(I)cnn1CCC(=O)Nc1nn(Cc2ccccc2Cl)cc1Br. The average molecular weight is 549 g/mol. The van der Waals surface area contributed by atoms with Gasteiger partial charge in [0.1, 0.15) is 0 Å². The molecule has 1 N–H and O–H groups in total. The zero-order chi connectivity index (χ0) is 18.7. The smallest absolute Gasteiger partial charge is 0.227 e. The minimum Gasteiger partial charge on any atom is -0.308 e. The first-order valence-electron chi connectivity index (χ1n) is 7.88. The van der Waals surface area contributed by atoms with Gasteiger partial charge in [-0.25, -0.2) is 0 Å². The van der Waals surface area contributed by atoms with E-state index in [9.17, 15) is 4.79 Å². The van der Waals surface area contributed by atoms with Crippen LogP contribution in [-0.2, 0) is 17.9 Å². The summed E-state index contributed by atoms with van der Waals surface area (Å²) in [5, 5.41) is 12.2. The highest BCUT2D eigenvalue weighted by Gasteiger charge is 2.12. The van der Waals surface area contributed by atoms with Gasteiger partial charge < -0.3 is 5.32 Å². The molecule has 26 heavy (non-hydrogen) atoms. The molecule has 2 heterocycles. The molecule has 0 aliphatic heterocycles. The standard InChI is InChI=1S/C17H16BrClIN5O/c1-11-15(20)8-21-25(11)7-6-16(26)22-17-13(18)10-24(23-17)9-12-4-2-3-5-14(12)19/h2-5,8,10H,6-7,9H2,1H3,(H,22,23,26). The second-order valence-electron chi connectivity index (χ2n) is 5.71. The van der Waals surface area contributed by atoms with Crippen LogP contribution in [0.3, 0.4) is 0 Å². The molecule has 1 amide bonds. The summed E-state index contributed by atoms with van der Waals surface area (Å²) in [6.07, 6.45) is 3.93. The third kappa shape index (κ3) is 4.66. The number of nitrogens with zero attached hydrogens (tertiary/aromatic N) is 4. The molecule has 6 nitrogen and oxygen atoms in total. The number of rotatable bonds is 6. The summed E-state index contributed by atoms with van der Waals surface area (Å²) in [6.45, 7) is 3.04. The topological polar surface area (TPSA) is 64.7 Å². The Morgan fingerprint density at radius 2 is 2.15 bits per heavy atom. The predicted octanol–water partition coefficient (Wildman–Crippen LogP) is 4.49. The maximum atomic E-state index is 12.2. The van der Waals surface area contributed by atoms with E-state index in [1.807, 2.05) is 42.1 Å². The van der Waals surface area contributed by atoms with Gasteiger partial charge in [0.2, 0.25) is 5.91 Å². The average Bonchev–Trinajstić information content (AvgIpc) is 3.11. The molecule has 1 aromatic carbocycles. The van der Waals surface area contributed by atoms with Crippen molar-refractivity contribution in [3.63, 3.8) is 0 Å². The van der Waals surface area contributed by atoms with Crippen molar-refractivity contribution in [1.29, 1.82) is 0 Å². The molecule has 0 radical (unpaired) electrons. The number of nitrogens with one attached hydrogen (secondary N) is 1. The highest BCUT2D eigenvalue weighted by molar-refractivity contribution is 14.1. The number of anilines is 1. The summed E-state index contributed by atoms with van der Waals surface area (Å²) in [6, 6.07) is 7.61. The Hall–Kier alpha value is -1.39. The van der Waals surface area contributed by atoms with Gasteiger partial charge in [-0.2, -0.15) is 10.2 Å². The molecular weight excluding hydrogens is 532 g/mol. The largest absolute Gasteiger partial charge is 0.308 e. The maximum absolute atomic E-state index is 12.2. The zero-order valence-electron chi connectivity index (χ0n) is 13.9. The highest BCUT2D eigenvalue weighted by Crippen LogP contribution is 2.22. The molecule has 0 atom stereocenters. The first-order chi connectivity index (χ1) is 12.4. The number of amides is 1. The van der Waals surface area contributed by atoms with Crippen LogP contribution >= 0.6 is 50.1 Å². The van der Waals surface area contributed by atoms with Crippen LogP contribution in [0.1, 0.15) is 17.7 Å². The molecular formula is C17H16BrClIN5O. The van der Waals surface area contributed by atoms with Gasteiger partial charge in [0, 0.05) is 23.3 Å². The van der Waals surface area contributed by atoms with Gasteiger partial charge in [0.25, 0.3) is 0 Å². The number of carbonyl (C=O) groups is 1. The quantitative estimate of drug-likeness (QED) is 0.462. The normalized spacial score (nSPS) is 10.9. The van der Waals surface area contributed by atoms with Crippen LogP contribution in [0, 0.1) is 10.5 Å². The first-order valence-corrected chi connectivity index (χ1v) is 10.1. The fraction of sp³-hybridized carbons (Fsp3) is 0.235. The van der Waals surface area contributed by atoms with Gasteiger partial charge >= 0.3 is 0 Å².